The van der Waals surface area contributed by atoms with E-state index < -0.39 is 12.7 Å². The maximum Gasteiger partial charge on any atom is 0.406 e. The third-order valence-electron chi connectivity index (χ3n) is 4.07. The van der Waals surface area contributed by atoms with Crippen LogP contribution in [0.4, 0.5) is 18.9 Å². The summed E-state index contributed by atoms with van der Waals surface area (Å²) in [7, 11) is 0. The first kappa shape index (κ1) is 14.9. The molecule has 22 heavy (non-hydrogen) atoms. The van der Waals surface area contributed by atoms with Gasteiger partial charge in [-0.1, -0.05) is 6.07 Å². The topological polar surface area (TPSA) is 34.0 Å². The second-order valence-electron chi connectivity index (χ2n) is 5.75. The van der Waals surface area contributed by atoms with Gasteiger partial charge in [-0.15, -0.1) is 0 Å². The van der Waals surface area contributed by atoms with Gasteiger partial charge in [-0.2, -0.15) is 13.2 Å². The second kappa shape index (κ2) is 5.66. The number of carbonyl (C=O) groups excluding carboxylic acids is 1. The van der Waals surface area contributed by atoms with Gasteiger partial charge < -0.3 is 9.88 Å². The lowest BCUT2D eigenvalue weighted by molar-refractivity contribution is -0.139. The molecule has 1 aromatic carbocycles. The Kier molecular flexibility index (Phi) is 3.85. The van der Waals surface area contributed by atoms with Gasteiger partial charge in [0, 0.05) is 36.2 Å². The summed E-state index contributed by atoms with van der Waals surface area (Å²) in [5.74, 6) is 0.285. The third-order valence-corrected chi connectivity index (χ3v) is 4.07. The van der Waals surface area contributed by atoms with Crippen molar-refractivity contribution in [3.63, 3.8) is 0 Å². The molecule has 118 valence electrons. The fourth-order valence-electron chi connectivity index (χ4n) is 2.98. The molecule has 2 aromatic rings. The molecule has 1 heterocycles. The molecular formula is C16H17F3N2O. The van der Waals surface area contributed by atoms with Gasteiger partial charge in [-0.25, -0.2) is 0 Å². The van der Waals surface area contributed by atoms with Gasteiger partial charge in [0.1, 0.15) is 12.3 Å². The summed E-state index contributed by atoms with van der Waals surface area (Å²) in [6, 6.07) is 7.23. The van der Waals surface area contributed by atoms with Gasteiger partial charge in [0.15, 0.2) is 0 Å². The Morgan fingerprint density at radius 3 is 2.59 bits per heavy atom. The number of ketones is 1. The van der Waals surface area contributed by atoms with E-state index in [9.17, 15) is 18.0 Å². The molecule has 3 nitrogen and oxygen atoms in total. The van der Waals surface area contributed by atoms with E-state index in [4.69, 9.17) is 0 Å². The summed E-state index contributed by atoms with van der Waals surface area (Å²) in [6.45, 7) is -0.988. The van der Waals surface area contributed by atoms with Gasteiger partial charge in [0.05, 0.1) is 5.52 Å². The molecular weight excluding hydrogens is 293 g/mol. The minimum atomic E-state index is -4.24. The molecule has 0 bridgehead atoms. The lowest BCUT2D eigenvalue weighted by Gasteiger charge is -2.23. The van der Waals surface area contributed by atoms with Gasteiger partial charge in [-0.05, 0) is 31.0 Å². The first-order valence-electron chi connectivity index (χ1n) is 7.35. The molecule has 1 N–H and O–H groups in total. The number of carbonyl (C=O) groups is 1. The summed E-state index contributed by atoms with van der Waals surface area (Å²) in [4.78, 5) is 11.3. The highest BCUT2D eigenvalue weighted by atomic mass is 19.4. The van der Waals surface area contributed by atoms with Crippen molar-refractivity contribution in [2.24, 2.45) is 0 Å². The Labute approximate surface area is 126 Å². The molecule has 0 amide bonds. The smallest absolute Gasteiger partial charge is 0.382 e. The summed E-state index contributed by atoms with van der Waals surface area (Å²) < 4.78 is 39.0. The number of hydrogen-bond donors (Lipinski definition) is 1. The molecule has 0 radical (unpaired) electrons. The lowest BCUT2D eigenvalue weighted by Crippen LogP contribution is -2.26. The zero-order chi connectivity index (χ0) is 15.7. The maximum atomic E-state index is 12.6. The van der Waals surface area contributed by atoms with Crippen LogP contribution < -0.4 is 5.32 Å². The summed E-state index contributed by atoms with van der Waals surface area (Å²) >= 11 is 0. The van der Waals surface area contributed by atoms with Crippen LogP contribution in [-0.4, -0.2) is 22.6 Å². The third kappa shape index (κ3) is 3.26. The van der Waals surface area contributed by atoms with Crippen LogP contribution in [0.25, 0.3) is 10.9 Å². The summed E-state index contributed by atoms with van der Waals surface area (Å²) in [5, 5.41) is 4.15. The van der Waals surface area contributed by atoms with E-state index in [0.29, 0.717) is 18.4 Å². The summed E-state index contributed by atoms with van der Waals surface area (Å²) in [5.41, 5.74) is 1.40. The molecule has 0 aliphatic heterocycles. The largest absolute Gasteiger partial charge is 0.406 e. The van der Waals surface area contributed by atoms with E-state index in [1.54, 1.807) is 18.2 Å². The van der Waals surface area contributed by atoms with E-state index >= 15 is 0 Å². The number of alkyl halides is 3. The Hall–Kier alpha value is -1.98. The Morgan fingerprint density at radius 1 is 1.18 bits per heavy atom. The molecule has 1 fully saturated rings. The minimum absolute atomic E-state index is 0.203. The number of rotatable bonds is 3. The van der Waals surface area contributed by atoms with Crippen LogP contribution in [0.3, 0.4) is 0 Å². The van der Waals surface area contributed by atoms with Crippen LogP contribution >= 0.6 is 0 Å². The van der Waals surface area contributed by atoms with Crippen molar-refractivity contribution >= 4 is 22.4 Å². The average Bonchev–Trinajstić information content (AvgIpc) is 2.84. The van der Waals surface area contributed by atoms with Crippen molar-refractivity contribution in [2.45, 2.75) is 44.4 Å². The van der Waals surface area contributed by atoms with Crippen LogP contribution in [-0.2, 0) is 11.3 Å². The number of aromatic nitrogens is 1. The van der Waals surface area contributed by atoms with Crippen LogP contribution in [0.1, 0.15) is 25.7 Å². The number of hydrogen-bond acceptors (Lipinski definition) is 2. The first-order chi connectivity index (χ1) is 10.4. The van der Waals surface area contributed by atoms with Crippen LogP contribution in [0.5, 0.6) is 0 Å². The number of benzene rings is 1. The van der Waals surface area contributed by atoms with E-state index in [2.05, 4.69) is 5.32 Å². The van der Waals surface area contributed by atoms with E-state index in [1.165, 1.54) is 10.8 Å². The standard InChI is InChI=1S/C16H17F3N2O/c17-16(18,19)10-21-9-8-13-14(2-1-3-15(13)21)20-11-4-6-12(22)7-5-11/h1-3,8-9,11,20H,4-7,10H2. The second-order valence-corrected chi connectivity index (χ2v) is 5.75. The fourth-order valence-corrected chi connectivity index (χ4v) is 2.98. The zero-order valence-electron chi connectivity index (χ0n) is 12.0. The van der Waals surface area contributed by atoms with Gasteiger partial charge >= 0.3 is 6.18 Å². The molecule has 0 saturated heterocycles. The highest BCUT2D eigenvalue weighted by molar-refractivity contribution is 5.92. The SMILES string of the molecule is O=C1CCC(Nc2cccc3c2ccn3CC(F)(F)F)CC1. The molecule has 0 spiro atoms. The average molecular weight is 310 g/mol. The van der Waals surface area contributed by atoms with Crippen molar-refractivity contribution in [1.29, 1.82) is 0 Å². The molecule has 1 aliphatic rings. The number of halogens is 3. The number of nitrogens with zero attached hydrogens (tertiary/aromatic N) is 1. The highest BCUT2D eigenvalue weighted by Crippen LogP contribution is 2.29. The van der Waals surface area contributed by atoms with Gasteiger partial charge in [0.2, 0.25) is 0 Å². The van der Waals surface area contributed by atoms with Crippen molar-refractivity contribution < 1.29 is 18.0 Å². The molecule has 1 saturated carbocycles. The predicted molar refractivity (Wildman–Crippen MR) is 78.9 cm³/mol. The number of Topliss-reactive ketones (excluding diaryl/α,β-unsaturated/α-hetero) is 1. The molecule has 6 heteroatoms. The lowest BCUT2D eigenvalue weighted by atomic mass is 9.94. The highest BCUT2D eigenvalue weighted by Gasteiger charge is 2.28. The van der Waals surface area contributed by atoms with E-state index in [1.807, 2.05) is 6.07 Å². The molecule has 3 rings (SSSR count). The predicted octanol–water partition coefficient (Wildman–Crippen LogP) is 4.13. The summed E-state index contributed by atoms with van der Waals surface area (Å²) in [6.07, 6.45) is -0.0741. The number of anilines is 1. The molecule has 0 atom stereocenters. The first-order valence-corrected chi connectivity index (χ1v) is 7.35. The minimum Gasteiger partial charge on any atom is -0.382 e. The zero-order valence-corrected chi connectivity index (χ0v) is 12.0. The van der Waals surface area contributed by atoms with Gasteiger partial charge in [-0.3, -0.25) is 4.79 Å². The normalized spacial score (nSPS) is 17.1. The van der Waals surface area contributed by atoms with E-state index in [0.717, 1.165) is 23.9 Å². The molecule has 0 unspecified atom stereocenters. The van der Waals surface area contributed by atoms with Crippen molar-refractivity contribution in [2.75, 3.05) is 5.32 Å². The van der Waals surface area contributed by atoms with Crippen LogP contribution in [0.2, 0.25) is 0 Å². The Morgan fingerprint density at radius 2 is 1.91 bits per heavy atom. The quantitative estimate of drug-likeness (QED) is 0.925. The van der Waals surface area contributed by atoms with Crippen molar-refractivity contribution in [1.82, 2.24) is 4.57 Å². The van der Waals surface area contributed by atoms with E-state index in [-0.39, 0.29) is 11.8 Å². The van der Waals surface area contributed by atoms with Gasteiger partial charge in [0.25, 0.3) is 0 Å². The van der Waals surface area contributed by atoms with Crippen LogP contribution in [0, 0.1) is 0 Å². The Bertz CT molecular complexity index is 680. The van der Waals surface area contributed by atoms with Crippen molar-refractivity contribution in [3.05, 3.63) is 30.5 Å². The van der Waals surface area contributed by atoms with Crippen molar-refractivity contribution in [3.8, 4) is 0 Å². The monoisotopic (exact) mass is 310 g/mol. The Balaban J connectivity index is 1.83. The van der Waals surface area contributed by atoms with Crippen LogP contribution in [0.15, 0.2) is 30.5 Å². The molecule has 1 aliphatic carbocycles. The fraction of sp³-hybridized carbons (Fsp3) is 0.438. The molecule has 1 aromatic heterocycles. The number of fused-ring (bicyclic) bond motifs is 1. The number of nitrogens with one attached hydrogen (secondary N) is 1. The maximum absolute atomic E-state index is 12.6.